The van der Waals surface area contributed by atoms with Gasteiger partial charge in [0.15, 0.2) is 5.69 Å². The third-order valence-electron chi connectivity index (χ3n) is 3.84. The molecule has 2 rings (SSSR count). The molecule has 2 heterocycles. The first-order valence-electron chi connectivity index (χ1n) is 8.83. The van der Waals surface area contributed by atoms with E-state index in [4.69, 9.17) is 19.9 Å². The number of esters is 2. The first-order valence-corrected chi connectivity index (χ1v) is 12.3. The molecule has 1 fully saturated rings. The van der Waals surface area contributed by atoms with Gasteiger partial charge in [-0.05, 0) is 0 Å². The van der Waals surface area contributed by atoms with E-state index in [-0.39, 0.29) is 12.3 Å². The minimum Gasteiger partial charge on any atom is -0.463 e. The molecule has 3 atom stereocenters. The molecule has 0 aromatic carbocycles. The van der Waals surface area contributed by atoms with Crippen LogP contribution < -0.4 is 5.73 Å². The van der Waals surface area contributed by atoms with Crippen molar-refractivity contribution in [1.29, 1.82) is 0 Å². The number of aromatic nitrogens is 2. The maximum atomic E-state index is 11.7. The summed E-state index contributed by atoms with van der Waals surface area (Å²) in [7, 11) is -1.73. The van der Waals surface area contributed by atoms with Crippen LogP contribution in [0.2, 0.25) is 19.6 Å². The lowest BCUT2D eigenvalue weighted by Gasteiger charge is -2.17. The zero-order valence-corrected chi connectivity index (χ0v) is 17.6. The first kappa shape index (κ1) is 21.7. The molecule has 1 amide bonds. The van der Waals surface area contributed by atoms with Gasteiger partial charge in [-0.3, -0.25) is 19.0 Å². The van der Waals surface area contributed by atoms with Crippen molar-refractivity contribution in [2.45, 2.75) is 58.3 Å². The monoisotopic (exact) mass is 407 g/mol. The van der Waals surface area contributed by atoms with E-state index in [1.807, 2.05) is 0 Å². The zero-order chi connectivity index (χ0) is 21.1. The number of carbonyl (C=O) groups is 3. The highest BCUT2D eigenvalue weighted by atomic mass is 28.3. The smallest absolute Gasteiger partial charge is 0.303 e. The van der Waals surface area contributed by atoms with Crippen LogP contribution in [0.4, 0.5) is 0 Å². The maximum Gasteiger partial charge on any atom is 0.303 e. The average molecular weight is 407 g/mol. The third-order valence-corrected chi connectivity index (χ3v) is 4.72. The molecule has 0 saturated carbocycles. The summed E-state index contributed by atoms with van der Waals surface area (Å²) in [6.45, 7) is 8.74. The van der Waals surface area contributed by atoms with E-state index in [1.165, 1.54) is 20.2 Å². The lowest BCUT2D eigenvalue weighted by atomic mass is 10.2. The van der Waals surface area contributed by atoms with Gasteiger partial charge in [0.05, 0.1) is 6.33 Å². The Hall–Kier alpha value is -2.64. The lowest BCUT2D eigenvalue weighted by molar-refractivity contribution is -0.155. The highest BCUT2D eigenvalue weighted by molar-refractivity contribution is 6.83. The van der Waals surface area contributed by atoms with E-state index in [0.29, 0.717) is 12.1 Å². The van der Waals surface area contributed by atoms with Crippen molar-refractivity contribution in [2.24, 2.45) is 5.73 Å². The lowest BCUT2D eigenvalue weighted by Crippen LogP contribution is -2.31. The summed E-state index contributed by atoms with van der Waals surface area (Å²) in [5.41, 5.74) is 9.03. The SMILES string of the molecule is CC(=O)OC[C@H]1O[C@@H](n2cnc(C(N)=O)c2C#C[Si](C)(C)C)C[C@@H]1OC(C)=O. The number of carbonyl (C=O) groups excluding carboxylic acids is 3. The molecule has 0 radical (unpaired) electrons. The van der Waals surface area contributed by atoms with Crippen LogP contribution in [0.15, 0.2) is 6.33 Å². The number of nitrogens with two attached hydrogens (primary N) is 1. The summed E-state index contributed by atoms with van der Waals surface area (Å²) < 4.78 is 17.9. The largest absolute Gasteiger partial charge is 0.463 e. The normalized spacial score (nSPS) is 21.5. The molecule has 1 aromatic rings. The summed E-state index contributed by atoms with van der Waals surface area (Å²) in [6.07, 6.45) is -0.134. The number of hydrogen-bond acceptors (Lipinski definition) is 7. The van der Waals surface area contributed by atoms with Crippen LogP contribution >= 0.6 is 0 Å². The fourth-order valence-electron chi connectivity index (χ4n) is 2.69. The van der Waals surface area contributed by atoms with Crippen molar-refractivity contribution in [3.63, 3.8) is 0 Å². The Balaban J connectivity index is 2.35. The van der Waals surface area contributed by atoms with Gasteiger partial charge in [0, 0.05) is 20.3 Å². The molecule has 1 aromatic heterocycles. The second-order valence-electron chi connectivity index (χ2n) is 7.53. The van der Waals surface area contributed by atoms with Crippen molar-refractivity contribution in [3.8, 4) is 11.5 Å². The van der Waals surface area contributed by atoms with Crippen LogP contribution in [-0.4, -0.2) is 54.3 Å². The fraction of sp³-hybridized carbons (Fsp3) is 0.556. The number of ether oxygens (including phenoxy) is 3. The quantitative estimate of drug-likeness (QED) is 0.439. The summed E-state index contributed by atoms with van der Waals surface area (Å²) in [5.74, 6) is 1.40. The van der Waals surface area contributed by atoms with Crippen LogP contribution in [0.3, 0.4) is 0 Å². The number of amides is 1. The molecule has 152 valence electrons. The van der Waals surface area contributed by atoms with Gasteiger partial charge in [-0.2, -0.15) is 0 Å². The van der Waals surface area contributed by atoms with Crippen molar-refractivity contribution in [2.75, 3.05) is 6.61 Å². The average Bonchev–Trinajstić information content (AvgIpc) is 3.13. The minimum atomic E-state index is -1.73. The van der Waals surface area contributed by atoms with Crippen LogP contribution in [0.25, 0.3) is 0 Å². The number of nitrogens with zero attached hydrogens (tertiary/aromatic N) is 2. The van der Waals surface area contributed by atoms with Gasteiger partial charge in [0.1, 0.15) is 38.8 Å². The van der Waals surface area contributed by atoms with Gasteiger partial charge in [0.2, 0.25) is 0 Å². The molecule has 1 saturated heterocycles. The Morgan fingerprint density at radius 3 is 2.54 bits per heavy atom. The zero-order valence-electron chi connectivity index (χ0n) is 16.6. The Bertz CT molecular complexity index is 833. The summed E-state index contributed by atoms with van der Waals surface area (Å²) in [4.78, 5) is 38.4. The van der Waals surface area contributed by atoms with Crippen molar-refractivity contribution >= 4 is 25.9 Å². The van der Waals surface area contributed by atoms with E-state index >= 15 is 0 Å². The predicted molar refractivity (Wildman–Crippen MR) is 102 cm³/mol. The molecule has 28 heavy (non-hydrogen) atoms. The summed E-state index contributed by atoms with van der Waals surface area (Å²) in [6, 6.07) is 0. The molecule has 0 bridgehead atoms. The van der Waals surface area contributed by atoms with Gasteiger partial charge in [-0.15, -0.1) is 5.54 Å². The molecule has 0 unspecified atom stereocenters. The van der Waals surface area contributed by atoms with E-state index in [0.717, 1.165) is 0 Å². The maximum absolute atomic E-state index is 11.7. The van der Waals surface area contributed by atoms with Crippen LogP contribution in [0, 0.1) is 11.5 Å². The van der Waals surface area contributed by atoms with Gasteiger partial charge in [-0.1, -0.05) is 25.6 Å². The van der Waals surface area contributed by atoms with E-state index in [1.54, 1.807) is 4.57 Å². The van der Waals surface area contributed by atoms with Gasteiger partial charge >= 0.3 is 11.9 Å². The standard InChI is InChI=1S/C18H25N3O6Si/c1-11(22)25-9-15-14(26-12(2)23)8-16(27-15)21-10-20-17(18(19)24)13(21)6-7-28(3,4)5/h10,14-16H,8-9H2,1-5H3,(H2,19,24)/t14-,15+,16+/m0/s1. The molecular formula is C18H25N3O6Si. The second-order valence-corrected chi connectivity index (χ2v) is 12.3. The Labute approximate surface area is 164 Å². The first-order chi connectivity index (χ1) is 13.0. The minimum absolute atomic E-state index is 0.0572. The Kier molecular flexibility index (Phi) is 6.63. The van der Waals surface area contributed by atoms with E-state index in [9.17, 15) is 14.4 Å². The molecule has 1 aliphatic heterocycles. The van der Waals surface area contributed by atoms with Crippen molar-refractivity contribution < 1.29 is 28.6 Å². The highest BCUT2D eigenvalue weighted by Crippen LogP contribution is 2.32. The Morgan fingerprint density at radius 2 is 2.00 bits per heavy atom. The van der Waals surface area contributed by atoms with Crippen molar-refractivity contribution in [3.05, 3.63) is 17.7 Å². The summed E-state index contributed by atoms with van der Waals surface area (Å²) in [5, 5.41) is 0. The Morgan fingerprint density at radius 1 is 1.32 bits per heavy atom. The molecule has 2 N–H and O–H groups in total. The highest BCUT2D eigenvalue weighted by Gasteiger charge is 2.40. The van der Waals surface area contributed by atoms with Gasteiger partial charge < -0.3 is 19.9 Å². The predicted octanol–water partition coefficient (Wildman–Crippen LogP) is 0.993. The molecular weight excluding hydrogens is 382 g/mol. The number of rotatable bonds is 5. The van der Waals surface area contributed by atoms with Crippen molar-refractivity contribution in [1.82, 2.24) is 9.55 Å². The number of hydrogen-bond donors (Lipinski definition) is 1. The van der Waals surface area contributed by atoms with Gasteiger partial charge in [-0.25, -0.2) is 4.98 Å². The molecule has 0 spiro atoms. The van der Waals surface area contributed by atoms with Crippen LogP contribution in [-0.2, 0) is 23.8 Å². The number of imidazole rings is 1. The van der Waals surface area contributed by atoms with Gasteiger partial charge in [0.25, 0.3) is 5.91 Å². The van der Waals surface area contributed by atoms with Crippen LogP contribution in [0.5, 0.6) is 0 Å². The van der Waals surface area contributed by atoms with E-state index in [2.05, 4.69) is 36.1 Å². The molecule has 0 aliphatic carbocycles. The van der Waals surface area contributed by atoms with E-state index < -0.39 is 44.4 Å². The fourth-order valence-corrected chi connectivity index (χ4v) is 3.18. The van der Waals surface area contributed by atoms with Crippen LogP contribution in [0.1, 0.15) is 42.7 Å². The molecule has 10 heteroatoms. The molecule has 9 nitrogen and oxygen atoms in total. The topological polar surface area (TPSA) is 123 Å². The summed E-state index contributed by atoms with van der Waals surface area (Å²) >= 11 is 0. The third kappa shape index (κ3) is 5.67. The number of primary amides is 1. The molecule has 1 aliphatic rings. The second kappa shape index (κ2) is 8.58.